The Hall–Kier alpha value is -2.70. The van der Waals surface area contributed by atoms with Gasteiger partial charge in [-0.1, -0.05) is 96.5 Å². The van der Waals surface area contributed by atoms with E-state index in [0.717, 1.165) is 24.0 Å². The molecule has 35 heavy (non-hydrogen) atoms. The van der Waals surface area contributed by atoms with E-state index >= 15 is 0 Å². The largest absolute Gasteiger partial charge is 0.434 e. The van der Waals surface area contributed by atoms with Gasteiger partial charge in [0.15, 0.2) is 0 Å². The summed E-state index contributed by atoms with van der Waals surface area (Å²) in [5.74, 6) is 0.694. The molecule has 0 atom stereocenters. The highest BCUT2D eigenvalue weighted by Gasteiger charge is 2.25. The summed E-state index contributed by atoms with van der Waals surface area (Å²) in [5, 5.41) is 14.8. The van der Waals surface area contributed by atoms with Gasteiger partial charge in [0, 0.05) is 6.54 Å². The predicted molar refractivity (Wildman–Crippen MR) is 143 cm³/mol. The third-order valence-electron chi connectivity index (χ3n) is 6.20. The van der Waals surface area contributed by atoms with Crippen molar-refractivity contribution in [3.63, 3.8) is 0 Å². The minimum Gasteiger partial charge on any atom is -0.434 e. The van der Waals surface area contributed by atoms with Crippen molar-refractivity contribution in [2.75, 3.05) is 11.9 Å². The van der Waals surface area contributed by atoms with E-state index in [2.05, 4.69) is 22.2 Å². The van der Waals surface area contributed by atoms with Crippen LogP contribution in [0.25, 0.3) is 0 Å². The second-order valence-corrected chi connectivity index (χ2v) is 9.58. The van der Waals surface area contributed by atoms with E-state index in [0.29, 0.717) is 12.3 Å². The molecule has 0 radical (unpaired) electrons. The molecule has 1 aromatic carbocycles. The van der Waals surface area contributed by atoms with Crippen LogP contribution in [0.4, 0.5) is 11.5 Å². The quantitative estimate of drug-likeness (QED) is 0.122. The van der Waals surface area contributed by atoms with Crippen LogP contribution in [0.1, 0.15) is 108 Å². The SMILES string of the molecule is CCCCCCCCCCCCCCCCNc1ncnc(Oc2cc(C)cc(C)c2)c1[N+](=O)[O-]. The van der Waals surface area contributed by atoms with E-state index in [-0.39, 0.29) is 17.4 Å². The van der Waals surface area contributed by atoms with Gasteiger partial charge in [0.25, 0.3) is 0 Å². The molecule has 0 saturated carbocycles. The van der Waals surface area contributed by atoms with Crippen LogP contribution in [0.15, 0.2) is 24.5 Å². The third kappa shape index (κ3) is 11.5. The summed E-state index contributed by atoms with van der Waals surface area (Å²) in [4.78, 5) is 19.4. The Morgan fingerprint density at radius 1 is 0.800 bits per heavy atom. The second-order valence-electron chi connectivity index (χ2n) is 9.58. The van der Waals surface area contributed by atoms with Crippen LogP contribution in [0, 0.1) is 24.0 Å². The molecular weight excluding hydrogens is 440 g/mol. The van der Waals surface area contributed by atoms with E-state index in [4.69, 9.17) is 4.74 Å². The van der Waals surface area contributed by atoms with Gasteiger partial charge in [-0.25, -0.2) is 4.98 Å². The lowest BCUT2D eigenvalue weighted by Crippen LogP contribution is -2.08. The van der Waals surface area contributed by atoms with Gasteiger partial charge in [-0.3, -0.25) is 10.1 Å². The zero-order valence-electron chi connectivity index (χ0n) is 22.0. The van der Waals surface area contributed by atoms with Gasteiger partial charge in [0.1, 0.15) is 12.1 Å². The third-order valence-corrected chi connectivity index (χ3v) is 6.20. The lowest BCUT2D eigenvalue weighted by Gasteiger charge is -2.10. The number of nitrogens with one attached hydrogen (secondary N) is 1. The average molecular weight is 485 g/mol. The maximum atomic E-state index is 11.7. The van der Waals surface area contributed by atoms with Crippen molar-refractivity contribution in [2.45, 2.75) is 111 Å². The summed E-state index contributed by atoms with van der Waals surface area (Å²) < 4.78 is 5.77. The van der Waals surface area contributed by atoms with E-state index < -0.39 is 4.92 Å². The number of rotatable bonds is 19. The zero-order chi connectivity index (χ0) is 25.3. The summed E-state index contributed by atoms with van der Waals surface area (Å²) >= 11 is 0. The summed E-state index contributed by atoms with van der Waals surface area (Å²) in [5.41, 5.74) is 1.82. The first-order chi connectivity index (χ1) is 17.0. The molecule has 0 fully saturated rings. The van der Waals surface area contributed by atoms with Gasteiger partial charge in [-0.05, 0) is 43.5 Å². The smallest absolute Gasteiger partial charge is 0.373 e. The Bertz CT molecular complexity index is 868. The first-order valence-corrected chi connectivity index (χ1v) is 13.5. The topological polar surface area (TPSA) is 90.2 Å². The fourth-order valence-corrected chi connectivity index (χ4v) is 4.36. The van der Waals surface area contributed by atoms with Crippen molar-refractivity contribution in [1.82, 2.24) is 9.97 Å². The van der Waals surface area contributed by atoms with Crippen LogP contribution >= 0.6 is 0 Å². The highest BCUT2D eigenvalue weighted by atomic mass is 16.6. The standard InChI is InChI=1S/C28H44N4O3/c1-4-5-6-7-8-9-10-11-12-13-14-15-16-17-18-29-27-26(32(33)34)28(31-22-30-27)35-25-20-23(2)19-24(3)21-25/h19-22H,4-18H2,1-3H3,(H,29,30,31). The Morgan fingerprint density at radius 3 is 1.83 bits per heavy atom. The monoisotopic (exact) mass is 484 g/mol. The number of unbranched alkanes of at least 4 members (excludes halogenated alkanes) is 13. The fourth-order valence-electron chi connectivity index (χ4n) is 4.36. The molecule has 0 unspecified atom stereocenters. The summed E-state index contributed by atoms with van der Waals surface area (Å²) in [6, 6.07) is 5.69. The number of aromatic nitrogens is 2. The minimum absolute atomic E-state index is 0.0431. The first-order valence-electron chi connectivity index (χ1n) is 13.5. The minimum atomic E-state index is -0.481. The van der Waals surface area contributed by atoms with Crippen LogP contribution in [0.3, 0.4) is 0 Å². The normalized spacial score (nSPS) is 10.9. The van der Waals surface area contributed by atoms with E-state index in [9.17, 15) is 10.1 Å². The fraction of sp³-hybridized carbons (Fsp3) is 0.643. The van der Waals surface area contributed by atoms with Crippen LogP contribution in [0.5, 0.6) is 11.6 Å². The maximum absolute atomic E-state index is 11.7. The van der Waals surface area contributed by atoms with Gasteiger partial charge in [-0.15, -0.1) is 0 Å². The molecule has 7 heteroatoms. The average Bonchev–Trinajstić information content (AvgIpc) is 2.81. The Balaban J connectivity index is 1.65. The highest BCUT2D eigenvalue weighted by Crippen LogP contribution is 2.34. The van der Waals surface area contributed by atoms with E-state index in [1.54, 1.807) is 0 Å². The van der Waals surface area contributed by atoms with Crippen molar-refractivity contribution in [3.8, 4) is 11.6 Å². The van der Waals surface area contributed by atoms with Crippen molar-refractivity contribution >= 4 is 11.5 Å². The molecule has 1 aromatic heterocycles. The molecule has 2 aromatic rings. The molecule has 0 saturated heterocycles. The molecule has 0 aliphatic carbocycles. The second kappa shape index (κ2) is 16.8. The molecule has 0 aliphatic heterocycles. The molecule has 2 rings (SSSR count). The Morgan fingerprint density at radius 2 is 1.31 bits per heavy atom. The number of anilines is 1. The lowest BCUT2D eigenvalue weighted by atomic mass is 10.0. The van der Waals surface area contributed by atoms with Crippen LogP contribution in [-0.2, 0) is 0 Å². The van der Waals surface area contributed by atoms with Crippen molar-refractivity contribution < 1.29 is 9.66 Å². The number of nitro groups is 1. The van der Waals surface area contributed by atoms with Crippen molar-refractivity contribution in [1.29, 1.82) is 0 Å². The molecule has 0 amide bonds. The maximum Gasteiger partial charge on any atom is 0.373 e. The van der Waals surface area contributed by atoms with Gasteiger partial charge in [0.05, 0.1) is 4.92 Å². The zero-order valence-corrected chi connectivity index (χ0v) is 22.0. The predicted octanol–water partition coefficient (Wildman–Crippen LogP) is 8.69. The molecule has 0 spiro atoms. The van der Waals surface area contributed by atoms with Gasteiger partial charge < -0.3 is 10.1 Å². The summed E-state index contributed by atoms with van der Waals surface area (Å²) in [6.45, 7) is 6.81. The van der Waals surface area contributed by atoms with Crippen LogP contribution < -0.4 is 10.1 Å². The summed E-state index contributed by atoms with van der Waals surface area (Å²) in [7, 11) is 0. The number of nitrogens with zero attached hydrogens (tertiary/aromatic N) is 3. The number of aryl methyl sites for hydroxylation is 2. The van der Waals surface area contributed by atoms with Gasteiger partial charge in [0.2, 0.25) is 5.82 Å². The molecular formula is C28H44N4O3. The van der Waals surface area contributed by atoms with Crippen molar-refractivity contribution in [2.24, 2.45) is 0 Å². The van der Waals surface area contributed by atoms with E-state index in [1.807, 2.05) is 32.0 Å². The molecule has 0 aliphatic rings. The lowest BCUT2D eigenvalue weighted by molar-refractivity contribution is -0.385. The number of ether oxygens (including phenoxy) is 1. The Labute approximate surface area is 211 Å². The molecule has 1 N–H and O–H groups in total. The number of benzene rings is 1. The Kier molecular flexibility index (Phi) is 13.7. The first kappa shape index (κ1) is 28.5. The van der Waals surface area contributed by atoms with Crippen LogP contribution in [-0.4, -0.2) is 21.4 Å². The van der Waals surface area contributed by atoms with E-state index in [1.165, 1.54) is 83.4 Å². The molecule has 0 bridgehead atoms. The van der Waals surface area contributed by atoms with Gasteiger partial charge in [-0.2, -0.15) is 4.98 Å². The number of hydrogen-bond donors (Lipinski definition) is 1. The molecule has 194 valence electrons. The summed E-state index contributed by atoms with van der Waals surface area (Å²) in [6.07, 6.45) is 19.5. The highest BCUT2D eigenvalue weighted by molar-refractivity contribution is 5.61. The van der Waals surface area contributed by atoms with Crippen LogP contribution in [0.2, 0.25) is 0 Å². The number of hydrogen-bond acceptors (Lipinski definition) is 6. The molecule has 7 nitrogen and oxygen atoms in total. The molecule has 1 heterocycles. The van der Waals surface area contributed by atoms with Crippen molar-refractivity contribution in [3.05, 3.63) is 45.8 Å². The van der Waals surface area contributed by atoms with Gasteiger partial charge >= 0.3 is 11.6 Å².